The number of aryl methyl sites for hydroxylation is 1. The van der Waals surface area contributed by atoms with Gasteiger partial charge in [0.25, 0.3) is 0 Å². The van der Waals surface area contributed by atoms with Gasteiger partial charge in [-0.25, -0.2) is 13.5 Å². The van der Waals surface area contributed by atoms with Crippen molar-refractivity contribution in [3.05, 3.63) is 89.6 Å². The number of rotatable bonds is 3. The standard InChI is InChI=1S/C24H18F2N4/c1-14-11-17(5-9-21(14)26)18-6-10-22-20(12-18)24-23(13-27-22)28-29-30(24)15(2)16-3-7-19(25)8-4-16/h3-13,15H,1-2H3/t15-/m0/s1. The number of nitrogens with zero attached hydrogens (tertiary/aromatic N) is 4. The van der Waals surface area contributed by atoms with E-state index in [0.717, 1.165) is 33.1 Å². The van der Waals surface area contributed by atoms with E-state index < -0.39 is 0 Å². The Morgan fingerprint density at radius 3 is 2.37 bits per heavy atom. The van der Waals surface area contributed by atoms with Gasteiger partial charge in [-0.3, -0.25) is 4.98 Å². The molecule has 148 valence electrons. The summed E-state index contributed by atoms with van der Waals surface area (Å²) in [5.74, 6) is -0.498. The van der Waals surface area contributed by atoms with Crippen LogP contribution in [0.1, 0.15) is 24.1 Å². The van der Waals surface area contributed by atoms with Crippen molar-refractivity contribution in [2.45, 2.75) is 19.9 Å². The number of benzene rings is 3. The molecule has 0 fully saturated rings. The summed E-state index contributed by atoms with van der Waals surface area (Å²) in [6.07, 6.45) is 1.71. The van der Waals surface area contributed by atoms with Crippen LogP contribution < -0.4 is 0 Å². The second-order valence-electron chi connectivity index (χ2n) is 7.45. The van der Waals surface area contributed by atoms with E-state index in [1.165, 1.54) is 18.2 Å². The SMILES string of the molecule is Cc1cc(-c2ccc3ncc4nnn([C@@H](C)c5ccc(F)cc5)c4c3c2)ccc1F. The first-order chi connectivity index (χ1) is 14.5. The quantitative estimate of drug-likeness (QED) is 0.382. The summed E-state index contributed by atoms with van der Waals surface area (Å²) < 4.78 is 28.9. The molecule has 0 amide bonds. The molecular weight excluding hydrogens is 382 g/mol. The Labute approximate surface area is 171 Å². The van der Waals surface area contributed by atoms with Crippen LogP contribution in [0.15, 0.2) is 66.9 Å². The Kier molecular flexibility index (Phi) is 4.28. The topological polar surface area (TPSA) is 43.6 Å². The molecule has 1 atom stereocenters. The summed E-state index contributed by atoms with van der Waals surface area (Å²) in [4.78, 5) is 4.51. The molecule has 0 aliphatic carbocycles. The van der Waals surface area contributed by atoms with Gasteiger partial charge in [0.2, 0.25) is 0 Å². The first-order valence-electron chi connectivity index (χ1n) is 9.67. The third-order valence-electron chi connectivity index (χ3n) is 5.51. The lowest BCUT2D eigenvalue weighted by atomic mass is 10.0. The van der Waals surface area contributed by atoms with Crippen LogP contribution in [0.25, 0.3) is 33.1 Å². The maximum Gasteiger partial charge on any atom is 0.132 e. The van der Waals surface area contributed by atoms with Gasteiger partial charge in [0, 0.05) is 5.39 Å². The number of halogens is 2. The molecule has 5 aromatic rings. The summed E-state index contributed by atoms with van der Waals surface area (Å²) >= 11 is 0. The van der Waals surface area contributed by atoms with E-state index in [1.54, 1.807) is 31.3 Å². The molecule has 0 saturated carbocycles. The summed E-state index contributed by atoms with van der Waals surface area (Å²) in [5, 5.41) is 9.55. The van der Waals surface area contributed by atoms with Gasteiger partial charge in [-0.05, 0) is 72.5 Å². The molecule has 0 bridgehead atoms. The molecular formula is C24H18F2N4. The number of hydrogen-bond acceptors (Lipinski definition) is 3. The van der Waals surface area contributed by atoms with Crippen molar-refractivity contribution < 1.29 is 8.78 Å². The fraction of sp³-hybridized carbons (Fsp3) is 0.125. The molecule has 0 radical (unpaired) electrons. The molecule has 0 aliphatic rings. The number of aromatic nitrogens is 4. The van der Waals surface area contributed by atoms with Crippen LogP contribution in [0.5, 0.6) is 0 Å². The minimum absolute atomic E-state index is 0.141. The fourth-order valence-electron chi connectivity index (χ4n) is 3.78. The summed E-state index contributed by atoms with van der Waals surface area (Å²) in [6, 6.07) is 17.3. The van der Waals surface area contributed by atoms with Crippen LogP contribution in [0.4, 0.5) is 8.78 Å². The zero-order valence-electron chi connectivity index (χ0n) is 16.5. The van der Waals surface area contributed by atoms with Crippen LogP contribution >= 0.6 is 0 Å². The average molecular weight is 400 g/mol. The number of pyridine rings is 1. The highest BCUT2D eigenvalue weighted by atomic mass is 19.1. The van der Waals surface area contributed by atoms with Gasteiger partial charge in [0.1, 0.15) is 22.7 Å². The van der Waals surface area contributed by atoms with Crippen LogP contribution in [0.2, 0.25) is 0 Å². The lowest BCUT2D eigenvalue weighted by Gasteiger charge is -2.14. The molecule has 0 unspecified atom stereocenters. The van der Waals surface area contributed by atoms with Crippen molar-refractivity contribution in [3.63, 3.8) is 0 Å². The van der Waals surface area contributed by atoms with Crippen molar-refractivity contribution in [3.8, 4) is 11.1 Å². The molecule has 30 heavy (non-hydrogen) atoms. The van der Waals surface area contributed by atoms with Gasteiger partial charge < -0.3 is 0 Å². The minimum Gasteiger partial charge on any atom is -0.254 e. The highest BCUT2D eigenvalue weighted by molar-refractivity contribution is 6.03. The molecule has 0 spiro atoms. The first kappa shape index (κ1) is 18.4. The predicted octanol–water partition coefficient (Wildman–Crippen LogP) is 5.84. The molecule has 3 aromatic carbocycles. The van der Waals surface area contributed by atoms with Crippen LogP contribution in [0, 0.1) is 18.6 Å². The zero-order chi connectivity index (χ0) is 20.8. The van der Waals surface area contributed by atoms with Crippen molar-refractivity contribution in [1.82, 2.24) is 20.0 Å². The van der Waals surface area contributed by atoms with Gasteiger partial charge in [-0.2, -0.15) is 0 Å². The van der Waals surface area contributed by atoms with E-state index in [0.29, 0.717) is 11.1 Å². The maximum absolute atomic E-state index is 13.7. The summed E-state index contributed by atoms with van der Waals surface area (Å²) in [6.45, 7) is 3.75. The first-order valence-corrected chi connectivity index (χ1v) is 9.67. The monoisotopic (exact) mass is 400 g/mol. The minimum atomic E-state index is -0.275. The highest BCUT2D eigenvalue weighted by Crippen LogP contribution is 2.31. The molecule has 0 saturated heterocycles. The smallest absolute Gasteiger partial charge is 0.132 e. The number of hydrogen-bond donors (Lipinski definition) is 0. The van der Waals surface area contributed by atoms with Gasteiger partial charge >= 0.3 is 0 Å². The highest BCUT2D eigenvalue weighted by Gasteiger charge is 2.17. The van der Waals surface area contributed by atoms with Crippen molar-refractivity contribution >= 4 is 21.9 Å². The van der Waals surface area contributed by atoms with E-state index in [1.807, 2.05) is 35.9 Å². The molecule has 4 nitrogen and oxygen atoms in total. The predicted molar refractivity (Wildman–Crippen MR) is 113 cm³/mol. The number of fused-ring (bicyclic) bond motifs is 3. The Morgan fingerprint density at radius 2 is 1.60 bits per heavy atom. The summed E-state index contributed by atoms with van der Waals surface area (Å²) in [5.41, 5.74) is 5.78. The van der Waals surface area contributed by atoms with E-state index in [4.69, 9.17) is 0 Å². The van der Waals surface area contributed by atoms with Crippen LogP contribution in [-0.2, 0) is 0 Å². The van der Waals surface area contributed by atoms with Gasteiger partial charge in [-0.15, -0.1) is 5.10 Å². The molecule has 0 aliphatic heterocycles. The van der Waals surface area contributed by atoms with Crippen molar-refractivity contribution in [2.24, 2.45) is 0 Å². The molecule has 0 N–H and O–H groups in total. The normalized spacial score (nSPS) is 12.5. The van der Waals surface area contributed by atoms with Crippen LogP contribution in [0.3, 0.4) is 0 Å². The molecule has 6 heteroatoms. The second-order valence-corrected chi connectivity index (χ2v) is 7.45. The van der Waals surface area contributed by atoms with Gasteiger partial charge in [-0.1, -0.05) is 29.5 Å². The van der Waals surface area contributed by atoms with E-state index in [9.17, 15) is 8.78 Å². The van der Waals surface area contributed by atoms with E-state index in [2.05, 4.69) is 15.3 Å². The van der Waals surface area contributed by atoms with Crippen molar-refractivity contribution in [1.29, 1.82) is 0 Å². The Morgan fingerprint density at radius 1 is 0.867 bits per heavy atom. The van der Waals surface area contributed by atoms with Crippen LogP contribution in [-0.4, -0.2) is 20.0 Å². The molecule has 5 rings (SSSR count). The molecule has 2 aromatic heterocycles. The largest absolute Gasteiger partial charge is 0.254 e. The zero-order valence-corrected chi connectivity index (χ0v) is 16.5. The average Bonchev–Trinajstić information content (AvgIpc) is 3.20. The summed E-state index contributed by atoms with van der Waals surface area (Å²) in [7, 11) is 0. The molecule has 2 heterocycles. The third-order valence-corrected chi connectivity index (χ3v) is 5.51. The Balaban J connectivity index is 1.70. The Bertz CT molecular complexity index is 1390. The lowest BCUT2D eigenvalue weighted by molar-refractivity contribution is 0.558. The van der Waals surface area contributed by atoms with Gasteiger partial charge in [0.15, 0.2) is 0 Å². The lowest BCUT2D eigenvalue weighted by Crippen LogP contribution is -2.09. The van der Waals surface area contributed by atoms with Crippen molar-refractivity contribution in [2.75, 3.05) is 0 Å². The van der Waals surface area contributed by atoms with Gasteiger partial charge in [0.05, 0.1) is 17.8 Å². The second kappa shape index (κ2) is 6.99. The maximum atomic E-state index is 13.7. The Hall–Kier alpha value is -3.67. The van der Waals surface area contributed by atoms with E-state index in [-0.39, 0.29) is 17.7 Å². The van der Waals surface area contributed by atoms with E-state index >= 15 is 0 Å². The third kappa shape index (κ3) is 3.01. The fourth-order valence-corrected chi connectivity index (χ4v) is 3.78.